The normalized spacial score (nSPS) is 25.9. The molecule has 0 spiro atoms. The molecule has 2 aliphatic carbocycles. The summed E-state index contributed by atoms with van der Waals surface area (Å²) in [6.45, 7) is 0.783. The lowest BCUT2D eigenvalue weighted by molar-refractivity contribution is 0.382. The van der Waals surface area contributed by atoms with Crippen LogP contribution in [0.5, 0.6) is 0 Å². The molecule has 88 valence electrons. The van der Waals surface area contributed by atoms with Crippen LogP contribution in [0, 0.1) is 5.92 Å². The van der Waals surface area contributed by atoms with Gasteiger partial charge in [-0.1, -0.05) is 12.8 Å². The summed E-state index contributed by atoms with van der Waals surface area (Å²) < 4.78 is 5.93. The second-order valence-electron chi connectivity index (χ2n) is 5.25. The van der Waals surface area contributed by atoms with Gasteiger partial charge >= 0.3 is 0 Å². The predicted molar refractivity (Wildman–Crippen MR) is 62.3 cm³/mol. The van der Waals surface area contributed by atoms with E-state index in [4.69, 9.17) is 15.1 Å². The first kappa shape index (κ1) is 10.3. The van der Waals surface area contributed by atoms with Gasteiger partial charge in [-0.3, -0.25) is 0 Å². The Morgan fingerprint density at radius 1 is 1.25 bits per heavy atom. The fraction of sp³-hybridized carbons (Fsp3) is 0.769. The Hall–Kier alpha value is -0.830. The molecular weight excluding hydrogens is 200 g/mol. The monoisotopic (exact) mass is 220 g/mol. The minimum Gasteiger partial charge on any atom is -0.445 e. The highest BCUT2D eigenvalue weighted by Crippen LogP contribution is 2.36. The maximum absolute atomic E-state index is 5.93. The molecule has 1 saturated carbocycles. The minimum atomic E-state index is 0.599. The van der Waals surface area contributed by atoms with Gasteiger partial charge in [0.25, 0.3) is 0 Å². The van der Waals surface area contributed by atoms with Crippen molar-refractivity contribution in [1.82, 2.24) is 4.98 Å². The zero-order chi connectivity index (χ0) is 11.0. The average Bonchev–Trinajstić information content (AvgIpc) is 2.96. The van der Waals surface area contributed by atoms with Crippen LogP contribution >= 0.6 is 0 Å². The lowest BCUT2D eigenvalue weighted by Crippen LogP contribution is -2.21. The van der Waals surface area contributed by atoms with Gasteiger partial charge in [0.05, 0.1) is 5.69 Å². The molecule has 3 rings (SSSR count). The summed E-state index contributed by atoms with van der Waals surface area (Å²) in [4.78, 5) is 4.71. The lowest BCUT2D eigenvalue weighted by Gasteiger charge is -2.17. The van der Waals surface area contributed by atoms with Crippen LogP contribution in [0.3, 0.4) is 0 Å². The third-order valence-corrected chi connectivity index (χ3v) is 4.09. The maximum atomic E-state index is 5.93. The van der Waals surface area contributed by atoms with Crippen molar-refractivity contribution in [2.75, 3.05) is 6.54 Å². The second kappa shape index (κ2) is 4.21. The number of nitrogens with two attached hydrogens (primary N) is 1. The molecule has 0 saturated heterocycles. The molecule has 1 atom stereocenters. The molecule has 2 N–H and O–H groups in total. The first-order valence-electron chi connectivity index (χ1n) is 6.55. The van der Waals surface area contributed by atoms with E-state index >= 15 is 0 Å². The van der Waals surface area contributed by atoms with Crippen molar-refractivity contribution in [1.29, 1.82) is 0 Å². The van der Waals surface area contributed by atoms with Crippen LogP contribution in [0.4, 0.5) is 0 Å². The number of fused-ring (bicyclic) bond motifs is 1. The minimum absolute atomic E-state index is 0.599. The van der Waals surface area contributed by atoms with Gasteiger partial charge in [-0.05, 0) is 38.1 Å². The topological polar surface area (TPSA) is 52.0 Å². The molecule has 2 aliphatic rings. The van der Waals surface area contributed by atoms with E-state index < -0.39 is 0 Å². The summed E-state index contributed by atoms with van der Waals surface area (Å²) >= 11 is 0. The molecule has 1 aromatic heterocycles. The third kappa shape index (κ3) is 1.77. The van der Waals surface area contributed by atoms with Crippen molar-refractivity contribution in [2.45, 2.75) is 50.9 Å². The highest BCUT2D eigenvalue weighted by atomic mass is 16.4. The van der Waals surface area contributed by atoms with Crippen molar-refractivity contribution >= 4 is 0 Å². The van der Waals surface area contributed by atoms with Crippen LogP contribution in [-0.4, -0.2) is 11.5 Å². The van der Waals surface area contributed by atoms with Crippen LogP contribution in [0.25, 0.3) is 0 Å². The molecule has 16 heavy (non-hydrogen) atoms. The number of aromatic nitrogens is 1. The van der Waals surface area contributed by atoms with Crippen LogP contribution in [0.2, 0.25) is 0 Å². The van der Waals surface area contributed by atoms with Crippen molar-refractivity contribution in [3.63, 3.8) is 0 Å². The smallest absolute Gasteiger partial charge is 0.197 e. The molecule has 0 aliphatic heterocycles. The average molecular weight is 220 g/mol. The number of hydrogen-bond acceptors (Lipinski definition) is 3. The Kier molecular flexibility index (Phi) is 2.72. The third-order valence-electron chi connectivity index (χ3n) is 4.09. The number of nitrogens with zero attached hydrogens (tertiary/aromatic N) is 1. The van der Waals surface area contributed by atoms with Crippen molar-refractivity contribution in [3.8, 4) is 0 Å². The first-order valence-corrected chi connectivity index (χ1v) is 6.55. The highest BCUT2D eigenvalue weighted by molar-refractivity contribution is 5.16. The number of rotatable bonds is 2. The lowest BCUT2D eigenvalue weighted by atomic mass is 9.90. The fourth-order valence-corrected chi connectivity index (χ4v) is 3.02. The number of oxazole rings is 1. The van der Waals surface area contributed by atoms with Crippen molar-refractivity contribution in [2.24, 2.45) is 11.7 Å². The molecule has 3 heteroatoms. The Balaban J connectivity index is 1.80. The molecule has 0 aromatic carbocycles. The SMILES string of the molecule is NCC1CCc2oc(C3CCCC3)nc2C1. The Morgan fingerprint density at radius 3 is 2.81 bits per heavy atom. The van der Waals surface area contributed by atoms with Crippen LogP contribution in [0.15, 0.2) is 4.42 Å². The summed E-state index contributed by atoms with van der Waals surface area (Å²) in [5, 5.41) is 0. The molecule has 0 radical (unpaired) electrons. The van der Waals surface area contributed by atoms with Crippen molar-refractivity contribution < 1.29 is 4.42 Å². The highest BCUT2D eigenvalue weighted by Gasteiger charge is 2.27. The van der Waals surface area contributed by atoms with Crippen molar-refractivity contribution in [3.05, 3.63) is 17.3 Å². The Labute approximate surface area is 96.4 Å². The zero-order valence-corrected chi connectivity index (χ0v) is 9.74. The van der Waals surface area contributed by atoms with E-state index in [1.165, 1.54) is 37.8 Å². The van der Waals surface area contributed by atoms with Gasteiger partial charge in [0.2, 0.25) is 0 Å². The molecule has 1 fully saturated rings. The number of hydrogen-bond donors (Lipinski definition) is 1. The Morgan fingerprint density at radius 2 is 2.06 bits per heavy atom. The maximum Gasteiger partial charge on any atom is 0.197 e. The van der Waals surface area contributed by atoms with E-state index in [0.29, 0.717) is 11.8 Å². The summed E-state index contributed by atoms with van der Waals surface area (Å²) in [7, 11) is 0. The van der Waals surface area contributed by atoms with E-state index in [1.807, 2.05) is 0 Å². The van der Waals surface area contributed by atoms with Gasteiger partial charge in [-0.2, -0.15) is 0 Å². The van der Waals surface area contributed by atoms with E-state index in [0.717, 1.165) is 31.0 Å². The summed E-state index contributed by atoms with van der Waals surface area (Å²) in [5.74, 6) is 3.38. The fourth-order valence-electron chi connectivity index (χ4n) is 3.02. The second-order valence-corrected chi connectivity index (χ2v) is 5.25. The molecule has 1 heterocycles. The summed E-state index contributed by atoms with van der Waals surface area (Å²) in [5.41, 5.74) is 6.93. The van der Waals surface area contributed by atoms with Gasteiger partial charge in [0, 0.05) is 12.3 Å². The van der Waals surface area contributed by atoms with Crippen LogP contribution in [0.1, 0.15) is 55.4 Å². The molecule has 1 unspecified atom stereocenters. The first-order chi connectivity index (χ1) is 7.86. The van der Waals surface area contributed by atoms with Gasteiger partial charge in [-0.15, -0.1) is 0 Å². The predicted octanol–water partition coefficient (Wildman–Crippen LogP) is 2.40. The standard InChI is InChI=1S/C13H20N2O/c14-8-9-5-6-12-11(7-9)15-13(16-12)10-3-1-2-4-10/h9-10H,1-8,14H2. The van der Waals surface area contributed by atoms with Crippen LogP contribution < -0.4 is 5.73 Å². The molecule has 1 aromatic rings. The zero-order valence-electron chi connectivity index (χ0n) is 9.74. The number of aryl methyl sites for hydroxylation is 1. The molecule has 0 bridgehead atoms. The van der Waals surface area contributed by atoms with Gasteiger partial charge in [0.1, 0.15) is 5.76 Å². The van der Waals surface area contributed by atoms with E-state index in [2.05, 4.69) is 0 Å². The largest absolute Gasteiger partial charge is 0.445 e. The van der Waals surface area contributed by atoms with E-state index in [1.54, 1.807) is 0 Å². The van der Waals surface area contributed by atoms with E-state index in [9.17, 15) is 0 Å². The summed E-state index contributed by atoms with van der Waals surface area (Å²) in [6.07, 6.45) is 8.44. The van der Waals surface area contributed by atoms with Gasteiger partial charge in [0.15, 0.2) is 5.89 Å². The van der Waals surface area contributed by atoms with Gasteiger partial charge < -0.3 is 10.2 Å². The molecular formula is C13H20N2O. The summed E-state index contributed by atoms with van der Waals surface area (Å²) in [6, 6.07) is 0. The van der Waals surface area contributed by atoms with Crippen LogP contribution in [-0.2, 0) is 12.8 Å². The van der Waals surface area contributed by atoms with Gasteiger partial charge in [-0.25, -0.2) is 4.98 Å². The Bertz CT molecular complexity index is 366. The van der Waals surface area contributed by atoms with E-state index in [-0.39, 0.29) is 0 Å². The molecule has 0 amide bonds. The molecule has 3 nitrogen and oxygen atoms in total. The quantitative estimate of drug-likeness (QED) is 0.832.